The van der Waals surface area contributed by atoms with Crippen LogP contribution in [0.5, 0.6) is 17.2 Å². The Morgan fingerprint density at radius 2 is 1.74 bits per heavy atom. The van der Waals surface area contributed by atoms with Gasteiger partial charge in [-0.3, -0.25) is 0 Å². The van der Waals surface area contributed by atoms with Crippen LogP contribution in [-0.4, -0.2) is 21.2 Å². The maximum Gasteiger partial charge on any atom is 0.352 e. The molecule has 31 heavy (non-hydrogen) atoms. The molecular formula is C25H22FNO4. The molecule has 0 saturated carbocycles. The van der Waals surface area contributed by atoms with Gasteiger partial charge in [-0.1, -0.05) is 12.1 Å². The van der Waals surface area contributed by atoms with Gasteiger partial charge < -0.3 is 19.9 Å². The van der Waals surface area contributed by atoms with Crippen LogP contribution in [0, 0.1) is 26.6 Å². The minimum absolute atomic E-state index is 0.133. The number of benzene rings is 3. The molecule has 6 heteroatoms. The lowest BCUT2D eigenvalue weighted by Gasteiger charge is -2.15. The van der Waals surface area contributed by atoms with Crippen molar-refractivity contribution in [2.75, 3.05) is 0 Å². The molecule has 0 bridgehead atoms. The minimum atomic E-state index is -1.00. The quantitative estimate of drug-likeness (QED) is 0.369. The fourth-order valence-corrected chi connectivity index (χ4v) is 3.98. The SMILES string of the molecule is Cc1cc2[nH]c(C(=O)O)c(C)c2c(C)c1Oc1ccc(O)c(Cc2ccc(F)cc2)c1. The van der Waals surface area contributed by atoms with Gasteiger partial charge in [0.1, 0.15) is 28.8 Å². The molecule has 0 saturated heterocycles. The normalized spacial score (nSPS) is 11.1. The Bertz CT molecular complexity index is 1310. The van der Waals surface area contributed by atoms with Crippen LogP contribution >= 0.6 is 0 Å². The Morgan fingerprint density at radius 1 is 1.03 bits per heavy atom. The number of aromatic nitrogens is 1. The molecule has 0 amide bonds. The van der Waals surface area contributed by atoms with E-state index in [1.807, 2.05) is 19.9 Å². The highest BCUT2D eigenvalue weighted by Crippen LogP contribution is 2.38. The van der Waals surface area contributed by atoms with Crippen molar-refractivity contribution in [3.63, 3.8) is 0 Å². The van der Waals surface area contributed by atoms with Crippen molar-refractivity contribution in [1.29, 1.82) is 0 Å². The van der Waals surface area contributed by atoms with Gasteiger partial charge in [-0.05, 0) is 73.9 Å². The fourth-order valence-electron chi connectivity index (χ4n) is 3.98. The predicted molar refractivity (Wildman–Crippen MR) is 117 cm³/mol. The van der Waals surface area contributed by atoms with Gasteiger partial charge in [-0.15, -0.1) is 0 Å². The number of carboxylic acid groups (broad SMARTS) is 1. The van der Waals surface area contributed by atoms with Crippen LogP contribution in [0.4, 0.5) is 4.39 Å². The van der Waals surface area contributed by atoms with E-state index in [1.54, 1.807) is 37.3 Å². The summed E-state index contributed by atoms with van der Waals surface area (Å²) in [5.41, 5.74) is 4.80. The summed E-state index contributed by atoms with van der Waals surface area (Å²) in [6, 6.07) is 13.0. The number of hydrogen-bond donors (Lipinski definition) is 3. The fraction of sp³-hybridized carbons (Fsp3) is 0.160. The Balaban J connectivity index is 1.71. The first kappa shape index (κ1) is 20.5. The van der Waals surface area contributed by atoms with E-state index >= 15 is 0 Å². The zero-order valence-corrected chi connectivity index (χ0v) is 17.4. The molecule has 1 heterocycles. The summed E-state index contributed by atoms with van der Waals surface area (Å²) < 4.78 is 19.4. The summed E-state index contributed by atoms with van der Waals surface area (Å²) in [6.07, 6.45) is 0.430. The van der Waals surface area contributed by atoms with E-state index in [0.29, 0.717) is 29.0 Å². The molecule has 3 N–H and O–H groups in total. The average Bonchev–Trinajstić information content (AvgIpc) is 3.05. The summed E-state index contributed by atoms with van der Waals surface area (Å²) in [5.74, 6) is 0.0138. The van der Waals surface area contributed by atoms with Gasteiger partial charge in [-0.25, -0.2) is 9.18 Å². The van der Waals surface area contributed by atoms with E-state index in [1.165, 1.54) is 12.1 Å². The van der Waals surface area contributed by atoms with Crippen molar-refractivity contribution in [3.8, 4) is 17.2 Å². The smallest absolute Gasteiger partial charge is 0.352 e. The first-order valence-electron chi connectivity index (χ1n) is 9.84. The molecule has 0 atom stereocenters. The van der Waals surface area contributed by atoms with E-state index < -0.39 is 5.97 Å². The number of phenols is 1. The third-order valence-corrected chi connectivity index (χ3v) is 5.51. The number of aromatic carboxylic acids is 1. The second-order valence-corrected chi connectivity index (χ2v) is 7.70. The lowest BCUT2D eigenvalue weighted by Crippen LogP contribution is -1.98. The Kier molecular flexibility index (Phi) is 5.15. The number of H-pyrrole nitrogens is 1. The highest BCUT2D eigenvalue weighted by atomic mass is 19.1. The van der Waals surface area contributed by atoms with Gasteiger partial charge in [0.15, 0.2) is 0 Å². The van der Waals surface area contributed by atoms with Crippen LogP contribution < -0.4 is 4.74 Å². The summed E-state index contributed by atoms with van der Waals surface area (Å²) in [7, 11) is 0. The van der Waals surface area contributed by atoms with Gasteiger partial charge in [-0.2, -0.15) is 0 Å². The summed E-state index contributed by atoms with van der Waals surface area (Å²) in [4.78, 5) is 14.5. The second-order valence-electron chi connectivity index (χ2n) is 7.70. The number of nitrogens with one attached hydrogen (secondary N) is 1. The number of rotatable bonds is 5. The van der Waals surface area contributed by atoms with Crippen molar-refractivity contribution in [2.45, 2.75) is 27.2 Å². The number of carboxylic acids is 1. The van der Waals surface area contributed by atoms with Crippen LogP contribution in [0.25, 0.3) is 10.9 Å². The summed E-state index contributed by atoms with van der Waals surface area (Å²) >= 11 is 0. The van der Waals surface area contributed by atoms with Gasteiger partial charge in [0.05, 0.1) is 0 Å². The van der Waals surface area contributed by atoms with Gasteiger partial charge in [0.2, 0.25) is 0 Å². The summed E-state index contributed by atoms with van der Waals surface area (Å²) in [5, 5.41) is 20.5. The first-order valence-corrected chi connectivity index (χ1v) is 9.84. The number of aromatic amines is 1. The van der Waals surface area contributed by atoms with E-state index in [0.717, 1.165) is 27.6 Å². The van der Waals surface area contributed by atoms with Crippen molar-refractivity contribution in [2.24, 2.45) is 0 Å². The molecule has 0 spiro atoms. The predicted octanol–water partition coefficient (Wildman–Crippen LogP) is 6.02. The maximum absolute atomic E-state index is 13.2. The third kappa shape index (κ3) is 3.84. The van der Waals surface area contributed by atoms with Crippen molar-refractivity contribution in [1.82, 2.24) is 4.98 Å². The lowest BCUT2D eigenvalue weighted by atomic mass is 10.0. The number of aromatic hydroxyl groups is 1. The highest BCUT2D eigenvalue weighted by Gasteiger charge is 2.19. The average molecular weight is 419 g/mol. The molecule has 5 nitrogen and oxygen atoms in total. The number of halogens is 1. The number of fused-ring (bicyclic) bond motifs is 1. The number of phenolic OH excluding ortho intramolecular Hbond substituents is 1. The Labute approximate surface area is 178 Å². The number of hydrogen-bond acceptors (Lipinski definition) is 3. The maximum atomic E-state index is 13.2. The van der Waals surface area contributed by atoms with E-state index in [2.05, 4.69) is 4.98 Å². The number of aryl methyl sites for hydroxylation is 3. The largest absolute Gasteiger partial charge is 0.508 e. The number of carbonyl (C=O) groups is 1. The number of ether oxygens (including phenoxy) is 1. The zero-order valence-electron chi connectivity index (χ0n) is 17.4. The minimum Gasteiger partial charge on any atom is -0.508 e. The third-order valence-electron chi connectivity index (χ3n) is 5.51. The van der Waals surface area contributed by atoms with Crippen molar-refractivity contribution >= 4 is 16.9 Å². The van der Waals surface area contributed by atoms with Gasteiger partial charge in [0.25, 0.3) is 0 Å². The van der Waals surface area contributed by atoms with Crippen molar-refractivity contribution in [3.05, 3.63) is 87.9 Å². The van der Waals surface area contributed by atoms with Crippen LogP contribution in [0.3, 0.4) is 0 Å². The lowest BCUT2D eigenvalue weighted by molar-refractivity contribution is 0.0690. The van der Waals surface area contributed by atoms with Crippen LogP contribution in [0.15, 0.2) is 48.5 Å². The Morgan fingerprint density at radius 3 is 2.42 bits per heavy atom. The molecule has 1 aromatic heterocycles. The van der Waals surface area contributed by atoms with E-state index in [4.69, 9.17) is 4.74 Å². The molecule has 4 aromatic rings. The van der Waals surface area contributed by atoms with Crippen LogP contribution in [0.1, 0.15) is 38.3 Å². The topological polar surface area (TPSA) is 82.6 Å². The highest BCUT2D eigenvalue weighted by molar-refractivity contribution is 5.99. The van der Waals surface area contributed by atoms with Gasteiger partial charge in [0, 0.05) is 28.5 Å². The standard InChI is InChI=1S/C25H22FNO4/c1-13-10-20-22(14(2)23(27-20)25(29)30)15(3)24(13)31-19-8-9-21(28)17(12-19)11-16-4-6-18(26)7-5-16/h4-10,12,27-28H,11H2,1-3H3,(H,29,30). The molecule has 0 fully saturated rings. The molecule has 0 unspecified atom stereocenters. The van der Waals surface area contributed by atoms with Crippen molar-refractivity contribution < 1.29 is 24.1 Å². The van der Waals surface area contributed by atoms with E-state index in [-0.39, 0.29) is 17.3 Å². The molecule has 0 radical (unpaired) electrons. The molecule has 0 aliphatic heterocycles. The monoisotopic (exact) mass is 419 g/mol. The van der Waals surface area contributed by atoms with Gasteiger partial charge >= 0.3 is 5.97 Å². The zero-order chi connectivity index (χ0) is 22.3. The molecule has 3 aromatic carbocycles. The molecule has 0 aliphatic rings. The first-order chi connectivity index (χ1) is 14.7. The van der Waals surface area contributed by atoms with Crippen LogP contribution in [0.2, 0.25) is 0 Å². The molecule has 158 valence electrons. The molecule has 4 rings (SSSR count). The Hall–Kier alpha value is -3.80. The molecule has 0 aliphatic carbocycles. The summed E-state index contributed by atoms with van der Waals surface area (Å²) in [6.45, 7) is 5.57. The second kappa shape index (κ2) is 7.80. The van der Waals surface area contributed by atoms with E-state index in [9.17, 15) is 19.4 Å². The van der Waals surface area contributed by atoms with Crippen LogP contribution in [-0.2, 0) is 6.42 Å². The molecular weight excluding hydrogens is 397 g/mol.